The summed E-state index contributed by atoms with van der Waals surface area (Å²) in [5.74, 6) is 0.364. The lowest BCUT2D eigenvalue weighted by Gasteiger charge is -2.29. The van der Waals surface area contributed by atoms with Gasteiger partial charge in [-0.3, -0.25) is 4.79 Å². The Hall–Kier alpha value is -2.60. The van der Waals surface area contributed by atoms with Gasteiger partial charge in [0.25, 0.3) is 5.91 Å². The first-order valence-corrected chi connectivity index (χ1v) is 10.0. The maximum Gasteiger partial charge on any atom is 0.349 e. The Morgan fingerprint density at radius 2 is 1.93 bits per heavy atom. The minimum absolute atomic E-state index is 0.0682. The van der Waals surface area contributed by atoms with E-state index < -0.39 is 11.5 Å². The van der Waals surface area contributed by atoms with Gasteiger partial charge in [0, 0.05) is 43.5 Å². The van der Waals surface area contributed by atoms with Crippen LogP contribution in [0.2, 0.25) is 0 Å². The molecule has 0 saturated carbocycles. The number of hydrogen-bond acceptors (Lipinski definition) is 5. The summed E-state index contributed by atoms with van der Waals surface area (Å²) in [5.41, 5.74) is 1.92. The normalized spacial score (nSPS) is 15.3. The third-order valence-electron chi connectivity index (χ3n) is 5.21. The number of carbonyl (C=O) groups is 1. The van der Waals surface area contributed by atoms with Crippen LogP contribution in [-0.2, 0) is 0 Å². The number of amides is 1. The lowest BCUT2D eigenvalue weighted by Crippen LogP contribution is -2.43. The number of hydrogen-bond donors (Lipinski definition) is 2. The standard InChI is InChI=1S/C22H29N3O3/c1-4-5-15(2)19-14-16(3)20(22(27)28-19)21(26)24-17-6-8-18(9-7-17)25-12-10-23-11-13-25/h6-9,14-15,23H,4-5,10-13H2,1-3H3,(H,24,26). The summed E-state index contributed by atoms with van der Waals surface area (Å²) in [4.78, 5) is 27.4. The van der Waals surface area contributed by atoms with Crippen LogP contribution in [0, 0.1) is 6.92 Å². The lowest BCUT2D eigenvalue weighted by atomic mass is 10.0. The highest BCUT2D eigenvalue weighted by Crippen LogP contribution is 2.22. The first-order valence-electron chi connectivity index (χ1n) is 10.0. The molecule has 1 aromatic heterocycles. The Bertz CT molecular complexity index is 868. The number of piperazine rings is 1. The maximum atomic E-state index is 12.7. The number of rotatable bonds is 6. The number of aryl methyl sites for hydroxylation is 1. The van der Waals surface area contributed by atoms with Crippen LogP contribution in [0.4, 0.5) is 11.4 Å². The lowest BCUT2D eigenvalue weighted by molar-refractivity contribution is 0.102. The molecule has 0 radical (unpaired) electrons. The number of nitrogens with zero attached hydrogens (tertiary/aromatic N) is 1. The van der Waals surface area contributed by atoms with Crippen molar-refractivity contribution in [3.05, 3.63) is 57.6 Å². The summed E-state index contributed by atoms with van der Waals surface area (Å²) in [5, 5.41) is 6.15. The summed E-state index contributed by atoms with van der Waals surface area (Å²) >= 11 is 0. The average Bonchev–Trinajstić information content (AvgIpc) is 2.69. The van der Waals surface area contributed by atoms with E-state index in [0.29, 0.717) is 17.0 Å². The summed E-state index contributed by atoms with van der Waals surface area (Å²) in [7, 11) is 0. The minimum atomic E-state index is -0.576. The first-order chi connectivity index (χ1) is 13.5. The van der Waals surface area contributed by atoms with Crippen molar-refractivity contribution in [3.63, 3.8) is 0 Å². The highest BCUT2D eigenvalue weighted by Gasteiger charge is 2.19. The van der Waals surface area contributed by atoms with Gasteiger partial charge in [-0.15, -0.1) is 0 Å². The van der Waals surface area contributed by atoms with E-state index in [0.717, 1.165) is 44.7 Å². The Morgan fingerprint density at radius 1 is 1.25 bits per heavy atom. The molecule has 1 amide bonds. The molecule has 1 saturated heterocycles. The van der Waals surface area contributed by atoms with Gasteiger partial charge < -0.3 is 20.0 Å². The van der Waals surface area contributed by atoms with E-state index in [2.05, 4.69) is 22.5 Å². The van der Waals surface area contributed by atoms with Crippen LogP contribution in [0.15, 0.2) is 39.5 Å². The number of anilines is 2. The molecule has 1 aliphatic rings. The molecule has 6 heteroatoms. The van der Waals surface area contributed by atoms with Gasteiger partial charge >= 0.3 is 5.63 Å². The second kappa shape index (κ2) is 9.06. The highest BCUT2D eigenvalue weighted by atomic mass is 16.4. The van der Waals surface area contributed by atoms with Crippen molar-refractivity contribution in [2.75, 3.05) is 36.4 Å². The Labute approximate surface area is 165 Å². The topological polar surface area (TPSA) is 74.6 Å². The molecule has 28 heavy (non-hydrogen) atoms. The average molecular weight is 383 g/mol. The van der Waals surface area contributed by atoms with E-state index in [9.17, 15) is 9.59 Å². The van der Waals surface area contributed by atoms with Gasteiger partial charge in [0.1, 0.15) is 11.3 Å². The van der Waals surface area contributed by atoms with Crippen molar-refractivity contribution in [1.29, 1.82) is 0 Å². The molecule has 1 unspecified atom stereocenters. The van der Waals surface area contributed by atoms with Gasteiger partial charge in [0.05, 0.1) is 0 Å². The van der Waals surface area contributed by atoms with Crippen LogP contribution in [0.3, 0.4) is 0 Å². The molecule has 1 aromatic carbocycles. The fourth-order valence-electron chi connectivity index (χ4n) is 3.60. The second-order valence-corrected chi connectivity index (χ2v) is 7.42. The molecule has 2 heterocycles. The molecule has 1 aliphatic heterocycles. The Kier molecular flexibility index (Phi) is 6.52. The van der Waals surface area contributed by atoms with Crippen LogP contribution >= 0.6 is 0 Å². The molecule has 0 spiro atoms. The van der Waals surface area contributed by atoms with Gasteiger partial charge in [-0.25, -0.2) is 4.79 Å². The van der Waals surface area contributed by atoms with Crippen molar-refractivity contribution in [3.8, 4) is 0 Å². The molecule has 1 fully saturated rings. The quantitative estimate of drug-likeness (QED) is 0.798. The zero-order valence-electron chi connectivity index (χ0n) is 16.9. The van der Waals surface area contributed by atoms with Crippen molar-refractivity contribution >= 4 is 17.3 Å². The molecular formula is C22H29N3O3. The third-order valence-corrected chi connectivity index (χ3v) is 5.21. The molecule has 6 nitrogen and oxygen atoms in total. The largest absolute Gasteiger partial charge is 0.427 e. The molecular weight excluding hydrogens is 354 g/mol. The zero-order valence-corrected chi connectivity index (χ0v) is 16.9. The van der Waals surface area contributed by atoms with E-state index in [1.165, 1.54) is 0 Å². The highest BCUT2D eigenvalue weighted by molar-refractivity contribution is 6.04. The van der Waals surface area contributed by atoms with Gasteiger partial charge in [0.2, 0.25) is 0 Å². The van der Waals surface area contributed by atoms with Gasteiger partial charge in [-0.05, 0) is 49.2 Å². The van der Waals surface area contributed by atoms with Crippen molar-refractivity contribution in [2.45, 2.75) is 39.5 Å². The van der Waals surface area contributed by atoms with Gasteiger partial charge in [0.15, 0.2) is 0 Å². The maximum absolute atomic E-state index is 12.7. The van der Waals surface area contributed by atoms with Crippen LogP contribution in [-0.4, -0.2) is 32.1 Å². The van der Waals surface area contributed by atoms with Crippen LogP contribution < -0.4 is 21.2 Å². The SMILES string of the molecule is CCCC(C)c1cc(C)c(C(=O)Nc2ccc(N3CCNCC3)cc2)c(=O)o1. The van der Waals surface area contributed by atoms with E-state index in [1.54, 1.807) is 6.92 Å². The molecule has 3 rings (SSSR count). The fraction of sp³-hybridized carbons (Fsp3) is 0.455. The van der Waals surface area contributed by atoms with Crippen molar-refractivity contribution < 1.29 is 9.21 Å². The van der Waals surface area contributed by atoms with Gasteiger partial charge in [-0.1, -0.05) is 20.3 Å². The summed E-state index contributed by atoms with van der Waals surface area (Å²) in [6.45, 7) is 9.78. The van der Waals surface area contributed by atoms with Crippen LogP contribution in [0.1, 0.15) is 54.3 Å². The third kappa shape index (κ3) is 4.62. The van der Waals surface area contributed by atoms with E-state index in [4.69, 9.17) is 4.42 Å². The minimum Gasteiger partial charge on any atom is -0.427 e. The summed E-state index contributed by atoms with van der Waals surface area (Å²) in [6, 6.07) is 9.52. The predicted octanol–water partition coefficient (Wildman–Crippen LogP) is 3.51. The Balaban J connectivity index is 1.73. The van der Waals surface area contributed by atoms with E-state index >= 15 is 0 Å². The smallest absolute Gasteiger partial charge is 0.349 e. The predicted molar refractivity (Wildman–Crippen MR) is 113 cm³/mol. The molecule has 0 bridgehead atoms. The molecule has 2 aromatic rings. The molecule has 150 valence electrons. The number of nitrogens with one attached hydrogen (secondary N) is 2. The summed E-state index contributed by atoms with van der Waals surface area (Å²) in [6.07, 6.45) is 1.95. The van der Waals surface area contributed by atoms with Crippen molar-refractivity contribution in [2.24, 2.45) is 0 Å². The number of benzene rings is 1. The fourth-order valence-corrected chi connectivity index (χ4v) is 3.60. The second-order valence-electron chi connectivity index (χ2n) is 7.42. The summed E-state index contributed by atoms with van der Waals surface area (Å²) < 4.78 is 5.43. The van der Waals surface area contributed by atoms with Crippen molar-refractivity contribution in [1.82, 2.24) is 5.32 Å². The monoisotopic (exact) mass is 383 g/mol. The van der Waals surface area contributed by atoms with E-state index in [1.807, 2.05) is 37.3 Å². The molecule has 2 N–H and O–H groups in total. The van der Waals surface area contributed by atoms with Crippen LogP contribution in [0.25, 0.3) is 0 Å². The number of carbonyl (C=O) groups excluding carboxylic acids is 1. The van der Waals surface area contributed by atoms with Gasteiger partial charge in [-0.2, -0.15) is 0 Å². The molecule has 0 aliphatic carbocycles. The van der Waals surface area contributed by atoms with Crippen LogP contribution in [0.5, 0.6) is 0 Å². The molecule has 1 atom stereocenters. The Morgan fingerprint density at radius 3 is 2.54 bits per heavy atom. The zero-order chi connectivity index (χ0) is 20.1. The van der Waals surface area contributed by atoms with E-state index in [-0.39, 0.29) is 11.5 Å². The first kappa shape index (κ1) is 20.1.